The van der Waals surface area contributed by atoms with Gasteiger partial charge in [0.1, 0.15) is 12.6 Å². The Morgan fingerprint density at radius 2 is 1.91 bits per heavy atom. The van der Waals surface area contributed by atoms with Crippen LogP contribution < -0.4 is 10.6 Å². The molecule has 0 aliphatic heterocycles. The lowest BCUT2D eigenvalue weighted by Crippen LogP contribution is -2.41. The molecule has 0 aliphatic carbocycles. The van der Waals surface area contributed by atoms with E-state index in [2.05, 4.69) is 10.6 Å². The van der Waals surface area contributed by atoms with Gasteiger partial charge in [0.25, 0.3) is 0 Å². The normalized spacial score (nSPS) is 11.5. The van der Waals surface area contributed by atoms with Crippen LogP contribution >= 0.6 is 0 Å². The van der Waals surface area contributed by atoms with E-state index in [0.717, 1.165) is 12.0 Å². The van der Waals surface area contributed by atoms with Gasteiger partial charge in [-0.05, 0) is 12.0 Å². The Morgan fingerprint density at radius 3 is 2.55 bits per heavy atom. The summed E-state index contributed by atoms with van der Waals surface area (Å²) < 4.78 is 9.80. The summed E-state index contributed by atoms with van der Waals surface area (Å²) in [5, 5.41) is 5.69. The van der Waals surface area contributed by atoms with E-state index in [-0.39, 0.29) is 18.6 Å². The second kappa shape index (κ2) is 10.6. The molecule has 0 fully saturated rings. The van der Waals surface area contributed by atoms with Gasteiger partial charge >= 0.3 is 12.1 Å². The van der Waals surface area contributed by atoms with Crippen molar-refractivity contribution in [1.82, 2.24) is 10.6 Å². The van der Waals surface area contributed by atoms with Gasteiger partial charge in [0.2, 0.25) is 0 Å². The second-order valence-corrected chi connectivity index (χ2v) is 4.81. The number of carbonyl (C=O) groups is 2. The van der Waals surface area contributed by atoms with Crippen LogP contribution in [0.3, 0.4) is 0 Å². The molecular formula is C16H24N2O4. The van der Waals surface area contributed by atoms with Crippen LogP contribution in [0.5, 0.6) is 0 Å². The summed E-state index contributed by atoms with van der Waals surface area (Å²) in [6, 6.07) is 9.13. The highest BCUT2D eigenvalue weighted by atomic mass is 16.5. The molecule has 0 aliphatic rings. The van der Waals surface area contributed by atoms with Crippen LogP contribution in [0.1, 0.15) is 25.3 Å². The first-order valence-electron chi connectivity index (χ1n) is 7.43. The second-order valence-electron chi connectivity index (χ2n) is 4.81. The maximum Gasteiger partial charge on any atom is 0.407 e. The maximum atomic E-state index is 11.5. The highest BCUT2D eigenvalue weighted by molar-refractivity contribution is 5.75. The Balaban J connectivity index is 2.17. The molecule has 0 aromatic heterocycles. The molecule has 1 aromatic rings. The predicted molar refractivity (Wildman–Crippen MR) is 83.3 cm³/mol. The minimum Gasteiger partial charge on any atom is -0.468 e. The van der Waals surface area contributed by atoms with E-state index < -0.39 is 6.09 Å². The molecule has 0 saturated heterocycles. The van der Waals surface area contributed by atoms with E-state index in [1.807, 2.05) is 37.3 Å². The topological polar surface area (TPSA) is 76.7 Å². The molecule has 1 amide bonds. The standard InChI is InChI=1S/C16H24N2O4/c1-3-7-14(15(19)21-2)17-10-11-18-16(20)22-12-13-8-5-4-6-9-13/h4-6,8-9,14,17H,3,7,10-12H2,1-2H3,(H,18,20)/t14-/m1/s1. The van der Waals surface area contributed by atoms with Crippen LogP contribution in [-0.2, 0) is 20.9 Å². The van der Waals surface area contributed by atoms with Crippen molar-refractivity contribution >= 4 is 12.1 Å². The van der Waals surface area contributed by atoms with Gasteiger partial charge in [0, 0.05) is 13.1 Å². The number of methoxy groups -OCH3 is 1. The zero-order valence-electron chi connectivity index (χ0n) is 13.1. The first-order chi connectivity index (χ1) is 10.7. The molecule has 0 radical (unpaired) electrons. The lowest BCUT2D eigenvalue weighted by molar-refractivity contribution is -0.143. The highest BCUT2D eigenvalue weighted by Gasteiger charge is 2.16. The van der Waals surface area contributed by atoms with Crippen LogP contribution in [0.2, 0.25) is 0 Å². The molecule has 0 unspecified atom stereocenters. The molecule has 1 atom stereocenters. The van der Waals surface area contributed by atoms with Crippen molar-refractivity contribution in [3.8, 4) is 0 Å². The number of benzene rings is 1. The first kappa shape index (κ1) is 18.0. The van der Waals surface area contributed by atoms with Crippen molar-refractivity contribution in [1.29, 1.82) is 0 Å². The van der Waals surface area contributed by atoms with Crippen LogP contribution in [0.25, 0.3) is 0 Å². The van der Waals surface area contributed by atoms with E-state index in [9.17, 15) is 9.59 Å². The minimum atomic E-state index is -0.476. The van der Waals surface area contributed by atoms with Gasteiger partial charge in [-0.25, -0.2) is 4.79 Å². The van der Waals surface area contributed by atoms with Crippen molar-refractivity contribution in [3.63, 3.8) is 0 Å². The molecule has 6 nitrogen and oxygen atoms in total. The summed E-state index contributed by atoms with van der Waals surface area (Å²) in [6.07, 6.45) is 1.10. The van der Waals surface area contributed by atoms with Gasteiger partial charge in [-0.15, -0.1) is 0 Å². The van der Waals surface area contributed by atoms with Gasteiger partial charge < -0.3 is 20.1 Å². The number of esters is 1. The van der Waals surface area contributed by atoms with E-state index in [0.29, 0.717) is 19.5 Å². The average Bonchev–Trinajstić information content (AvgIpc) is 2.56. The molecule has 6 heteroatoms. The summed E-state index contributed by atoms with van der Waals surface area (Å²) in [5.41, 5.74) is 0.935. The molecule has 0 heterocycles. The van der Waals surface area contributed by atoms with Crippen LogP contribution in [0.4, 0.5) is 4.79 Å². The molecule has 1 aromatic carbocycles. The number of carbonyl (C=O) groups excluding carboxylic acids is 2. The molecule has 0 saturated carbocycles. The number of hydrogen-bond donors (Lipinski definition) is 2. The third-order valence-electron chi connectivity index (χ3n) is 3.06. The van der Waals surface area contributed by atoms with Crippen molar-refractivity contribution in [3.05, 3.63) is 35.9 Å². The SMILES string of the molecule is CCC[C@@H](NCCNC(=O)OCc1ccccc1)C(=O)OC. The van der Waals surface area contributed by atoms with Crippen molar-refractivity contribution < 1.29 is 19.1 Å². The molecule has 0 spiro atoms. The van der Waals surface area contributed by atoms with Gasteiger partial charge in [0.05, 0.1) is 7.11 Å². The fourth-order valence-electron chi connectivity index (χ4n) is 1.92. The number of alkyl carbamates (subject to hydrolysis) is 1. The Kier molecular flexibility index (Phi) is 8.67. The average molecular weight is 308 g/mol. The Hall–Kier alpha value is -2.08. The number of rotatable bonds is 9. The summed E-state index contributed by atoms with van der Waals surface area (Å²) in [6.45, 7) is 3.09. The number of ether oxygens (including phenoxy) is 2. The molecular weight excluding hydrogens is 284 g/mol. The van der Waals surface area contributed by atoms with E-state index >= 15 is 0 Å². The van der Waals surface area contributed by atoms with Crippen LogP contribution in [-0.4, -0.2) is 38.3 Å². The Morgan fingerprint density at radius 1 is 1.18 bits per heavy atom. The largest absolute Gasteiger partial charge is 0.468 e. The van der Waals surface area contributed by atoms with Crippen molar-refractivity contribution in [2.45, 2.75) is 32.4 Å². The van der Waals surface area contributed by atoms with Gasteiger partial charge in [0.15, 0.2) is 0 Å². The number of amides is 1. The maximum absolute atomic E-state index is 11.5. The van der Waals surface area contributed by atoms with E-state index in [4.69, 9.17) is 9.47 Å². The third-order valence-corrected chi connectivity index (χ3v) is 3.06. The zero-order valence-corrected chi connectivity index (χ0v) is 13.1. The predicted octanol–water partition coefficient (Wildman–Crippen LogP) is 1.84. The van der Waals surface area contributed by atoms with Crippen molar-refractivity contribution in [2.75, 3.05) is 20.2 Å². The summed E-state index contributed by atoms with van der Waals surface area (Å²) in [4.78, 5) is 23.0. The Bertz CT molecular complexity index is 451. The van der Waals surface area contributed by atoms with E-state index in [1.165, 1.54) is 7.11 Å². The summed E-state index contributed by atoms with van der Waals surface area (Å²) >= 11 is 0. The molecule has 22 heavy (non-hydrogen) atoms. The number of hydrogen-bond acceptors (Lipinski definition) is 5. The smallest absolute Gasteiger partial charge is 0.407 e. The quantitative estimate of drug-likeness (QED) is 0.538. The van der Waals surface area contributed by atoms with Gasteiger partial charge in [-0.3, -0.25) is 4.79 Å². The highest BCUT2D eigenvalue weighted by Crippen LogP contribution is 2.00. The third kappa shape index (κ3) is 7.08. The number of nitrogens with one attached hydrogen (secondary N) is 2. The Labute approximate surface area is 131 Å². The lowest BCUT2D eigenvalue weighted by Gasteiger charge is -2.15. The fraction of sp³-hybridized carbons (Fsp3) is 0.500. The van der Waals surface area contributed by atoms with Crippen LogP contribution in [0.15, 0.2) is 30.3 Å². The monoisotopic (exact) mass is 308 g/mol. The molecule has 2 N–H and O–H groups in total. The first-order valence-corrected chi connectivity index (χ1v) is 7.43. The van der Waals surface area contributed by atoms with Crippen molar-refractivity contribution in [2.24, 2.45) is 0 Å². The molecule has 0 bridgehead atoms. The minimum absolute atomic E-state index is 0.237. The fourth-order valence-corrected chi connectivity index (χ4v) is 1.92. The van der Waals surface area contributed by atoms with Gasteiger partial charge in [-0.2, -0.15) is 0 Å². The van der Waals surface area contributed by atoms with Gasteiger partial charge in [-0.1, -0.05) is 43.7 Å². The molecule has 1 rings (SSSR count). The lowest BCUT2D eigenvalue weighted by atomic mass is 10.1. The zero-order chi connectivity index (χ0) is 16.2. The van der Waals surface area contributed by atoms with E-state index in [1.54, 1.807) is 0 Å². The molecule has 122 valence electrons. The summed E-state index contributed by atoms with van der Waals surface area (Å²) in [5.74, 6) is -0.284. The summed E-state index contributed by atoms with van der Waals surface area (Å²) in [7, 11) is 1.37. The van der Waals surface area contributed by atoms with Crippen LogP contribution in [0, 0.1) is 0 Å².